The van der Waals surface area contributed by atoms with E-state index in [0.29, 0.717) is 5.56 Å². The van der Waals surface area contributed by atoms with Crippen LogP contribution in [0.3, 0.4) is 0 Å². The van der Waals surface area contributed by atoms with Crippen LogP contribution in [0.1, 0.15) is 19.4 Å². The van der Waals surface area contributed by atoms with Gasteiger partial charge < -0.3 is 0 Å². The number of hydrogen-bond acceptors (Lipinski definition) is 1. The van der Waals surface area contributed by atoms with E-state index in [1.807, 2.05) is 13.8 Å². The molecule has 0 fully saturated rings. The molecule has 0 aromatic heterocycles. The maximum atomic E-state index is 12.9. The number of rotatable bonds is 3. The smallest absolute Gasteiger partial charge is 0.160 e. The third-order valence-electron chi connectivity index (χ3n) is 1.82. The molecule has 0 saturated heterocycles. The van der Waals surface area contributed by atoms with E-state index < -0.39 is 0 Å². The van der Waals surface area contributed by atoms with Crippen molar-refractivity contribution >= 4 is 21.7 Å². The summed E-state index contributed by atoms with van der Waals surface area (Å²) in [5.41, 5.74) is 1.63. The zero-order chi connectivity index (χ0) is 11.4. The van der Waals surface area contributed by atoms with Gasteiger partial charge in [0.1, 0.15) is 5.82 Å². The van der Waals surface area contributed by atoms with Gasteiger partial charge in [-0.25, -0.2) is 4.39 Å². The maximum absolute atomic E-state index is 12.9. The minimum absolute atomic E-state index is 0.0127. The van der Waals surface area contributed by atoms with Crippen molar-refractivity contribution in [3.05, 3.63) is 45.7 Å². The lowest BCUT2D eigenvalue weighted by molar-refractivity contribution is -0.114. The van der Waals surface area contributed by atoms with E-state index >= 15 is 0 Å². The van der Waals surface area contributed by atoms with Crippen molar-refractivity contribution in [1.29, 1.82) is 0 Å². The third-order valence-corrected chi connectivity index (χ3v) is 2.60. The Balaban J connectivity index is 2.85. The Hall–Kier alpha value is -0.960. The highest BCUT2D eigenvalue weighted by Crippen LogP contribution is 2.18. The molecule has 3 heteroatoms. The fourth-order valence-corrected chi connectivity index (χ4v) is 1.63. The van der Waals surface area contributed by atoms with Gasteiger partial charge in [-0.05, 0) is 43.7 Å². The second-order valence-electron chi connectivity index (χ2n) is 3.60. The molecule has 0 saturated carbocycles. The Kier molecular flexibility index (Phi) is 4.21. The van der Waals surface area contributed by atoms with E-state index in [9.17, 15) is 9.18 Å². The molecular weight excluding hydrogens is 259 g/mol. The molecule has 0 unspecified atom stereocenters. The first-order valence-electron chi connectivity index (χ1n) is 4.60. The molecule has 0 aliphatic heterocycles. The SMILES string of the molecule is CC(C)=CC(=O)Cc1cc(F)ccc1Br. The van der Waals surface area contributed by atoms with Crippen molar-refractivity contribution in [1.82, 2.24) is 0 Å². The first kappa shape index (κ1) is 12.1. The maximum Gasteiger partial charge on any atom is 0.160 e. The van der Waals surface area contributed by atoms with Crippen LogP contribution < -0.4 is 0 Å². The highest BCUT2D eigenvalue weighted by molar-refractivity contribution is 9.10. The summed E-state index contributed by atoms with van der Waals surface area (Å²) in [6, 6.07) is 4.35. The van der Waals surface area contributed by atoms with Crippen molar-refractivity contribution in [3.8, 4) is 0 Å². The predicted molar refractivity (Wildman–Crippen MR) is 62.2 cm³/mol. The molecule has 1 nitrogen and oxygen atoms in total. The van der Waals surface area contributed by atoms with E-state index in [1.165, 1.54) is 12.1 Å². The lowest BCUT2D eigenvalue weighted by Crippen LogP contribution is -2.00. The summed E-state index contributed by atoms with van der Waals surface area (Å²) in [4.78, 5) is 11.5. The molecule has 0 N–H and O–H groups in total. The molecule has 0 atom stereocenters. The highest BCUT2D eigenvalue weighted by Gasteiger charge is 2.05. The van der Waals surface area contributed by atoms with Gasteiger partial charge in [-0.2, -0.15) is 0 Å². The van der Waals surface area contributed by atoms with Crippen LogP contribution in [-0.2, 0) is 11.2 Å². The number of ketones is 1. The Morgan fingerprint density at radius 3 is 2.73 bits per heavy atom. The molecule has 0 spiro atoms. The Labute approximate surface area is 97.1 Å². The molecule has 0 radical (unpaired) electrons. The molecule has 0 aliphatic carbocycles. The van der Waals surface area contributed by atoms with Gasteiger partial charge in [-0.15, -0.1) is 0 Å². The number of allylic oxidation sites excluding steroid dienone is 2. The van der Waals surface area contributed by atoms with E-state index in [2.05, 4.69) is 15.9 Å². The molecule has 1 aromatic rings. The minimum Gasteiger partial charge on any atom is -0.294 e. The van der Waals surface area contributed by atoms with Crippen LogP contribution in [0.5, 0.6) is 0 Å². The van der Waals surface area contributed by atoms with E-state index in [4.69, 9.17) is 0 Å². The van der Waals surface area contributed by atoms with Crippen molar-refractivity contribution in [2.45, 2.75) is 20.3 Å². The summed E-state index contributed by atoms with van der Waals surface area (Å²) in [7, 11) is 0. The molecule has 80 valence electrons. The fraction of sp³-hybridized carbons (Fsp3) is 0.250. The van der Waals surface area contributed by atoms with Crippen molar-refractivity contribution < 1.29 is 9.18 Å². The second kappa shape index (κ2) is 5.21. The third kappa shape index (κ3) is 3.96. The van der Waals surface area contributed by atoms with Gasteiger partial charge in [0, 0.05) is 10.9 Å². The molecule has 1 rings (SSSR count). The Bertz CT molecular complexity index is 406. The standard InChI is InChI=1S/C12H12BrFO/c1-8(2)5-11(15)7-9-6-10(14)3-4-12(9)13/h3-6H,7H2,1-2H3. The van der Waals surface area contributed by atoms with Gasteiger partial charge in [0.2, 0.25) is 0 Å². The Morgan fingerprint density at radius 1 is 1.47 bits per heavy atom. The quantitative estimate of drug-likeness (QED) is 0.767. The summed E-state index contributed by atoms with van der Waals surface area (Å²) in [6.07, 6.45) is 1.79. The lowest BCUT2D eigenvalue weighted by Gasteiger charge is -2.02. The van der Waals surface area contributed by atoms with Crippen LogP contribution in [0, 0.1) is 5.82 Å². The first-order chi connectivity index (χ1) is 6.99. The summed E-state index contributed by atoms with van der Waals surface area (Å²) in [5.74, 6) is -0.334. The Morgan fingerprint density at radius 2 is 2.13 bits per heavy atom. The second-order valence-corrected chi connectivity index (χ2v) is 4.45. The van der Waals surface area contributed by atoms with Gasteiger partial charge in [0.25, 0.3) is 0 Å². The van der Waals surface area contributed by atoms with Gasteiger partial charge in [-0.3, -0.25) is 4.79 Å². The number of halogens is 2. The summed E-state index contributed by atoms with van der Waals surface area (Å²) in [6.45, 7) is 3.72. The van der Waals surface area contributed by atoms with E-state index in [-0.39, 0.29) is 18.0 Å². The molecular formula is C12H12BrFO. The zero-order valence-corrected chi connectivity index (χ0v) is 10.3. The summed E-state index contributed by atoms with van der Waals surface area (Å²) >= 11 is 3.29. The van der Waals surface area contributed by atoms with Crippen LogP contribution in [0.2, 0.25) is 0 Å². The molecule has 0 aliphatic rings. The van der Waals surface area contributed by atoms with Crippen LogP contribution in [0.4, 0.5) is 4.39 Å². The zero-order valence-electron chi connectivity index (χ0n) is 8.68. The van der Waals surface area contributed by atoms with Crippen LogP contribution in [-0.4, -0.2) is 5.78 Å². The highest BCUT2D eigenvalue weighted by atomic mass is 79.9. The minimum atomic E-state index is -0.321. The summed E-state index contributed by atoms with van der Waals surface area (Å²) in [5, 5.41) is 0. The van der Waals surface area contributed by atoms with Crippen molar-refractivity contribution in [2.24, 2.45) is 0 Å². The van der Waals surface area contributed by atoms with Crippen LogP contribution in [0.25, 0.3) is 0 Å². The van der Waals surface area contributed by atoms with Crippen molar-refractivity contribution in [2.75, 3.05) is 0 Å². The first-order valence-corrected chi connectivity index (χ1v) is 5.40. The molecule has 0 heterocycles. The molecule has 0 amide bonds. The van der Waals surface area contributed by atoms with Gasteiger partial charge >= 0.3 is 0 Å². The largest absolute Gasteiger partial charge is 0.294 e. The lowest BCUT2D eigenvalue weighted by atomic mass is 10.1. The number of hydrogen-bond donors (Lipinski definition) is 0. The van der Waals surface area contributed by atoms with Gasteiger partial charge in [0.05, 0.1) is 0 Å². The van der Waals surface area contributed by atoms with Crippen LogP contribution >= 0.6 is 15.9 Å². The molecule has 15 heavy (non-hydrogen) atoms. The number of benzene rings is 1. The van der Waals surface area contributed by atoms with Gasteiger partial charge in [0.15, 0.2) is 5.78 Å². The molecule has 1 aromatic carbocycles. The predicted octanol–water partition coefficient (Wildman–Crippen LogP) is 3.67. The monoisotopic (exact) mass is 270 g/mol. The van der Waals surface area contributed by atoms with E-state index in [0.717, 1.165) is 10.0 Å². The number of carbonyl (C=O) groups excluding carboxylic acids is 1. The summed E-state index contributed by atoms with van der Waals surface area (Å²) < 4.78 is 13.7. The number of carbonyl (C=O) groups is 1. The average molecular weight is 271 g/mol. The topological polar surface area (TPSA) is 17.1 Å². The molecule has 0 bridgehead atoms. The van der Waals surface area contributed by atoms with Crippen LogP contribution in [0.15, 0.2) is 34.3 Å². The van der Waals surface area contributed by atoms with Crippen molar-refractivity contribution in [3.63, 3.8) is 0 Å². The normalized spacial score (nSPS) is 9.87. The fourth-order valence-electron chi connectivity index (χ4n) is 1.24. The van der Waals surface area contributed by atoms with Gasteiger partial charge in [-0.1, -0.05) is 21.5 Å². The van der Waals surface area contributed by atoms with E-state index in [1.54, 1.807) is 12.1 Å². The average Bonchev–Trinajstić information content (AvgIpc) is 2.10.